The Balaban J connectivity index is 0.000000798. The molecule has 0 atom stereocenters. The minimum Gasteiger partial charge on any atom is -0.504 e. The van der Waals surface area contributed by atoms with E-state index < -0.39 is 11.9 Å². The number of benzene rings is 2. The fourth-order valence-electron chi connectivity index (χ4n) is 3.64. The number of rotatable bonds is 11. The number of methoxy groups -OCH3 is 2. The molecule has 2 aromatic rings. The van der Waals surface area contributed by atoms with Crippen LogP contribution in [0.15, 0.2) is 24.3 Å². The summed E-state index contributed by atoms with van der Waals surface area (Å²) in [6.07, 6.45) is 5.04. The molecule has 0 saturated carbocycles. The molecular formula is C27H32N2O10. The zero-order valence-electron chi connectivity index (χ0n) is 22.0. The number of carboxylic acid groups (broad SMARTS) is 2. The zero-order valence-corrected chi connectivity index (χ0v) is 22.0. The van der Waals surface area contributed by atoms with Crippen LogP contribution in [0.5, 0.6) is 28.7 Å². The number of phenols is 1. The van der Waals surface area contributed by atoms with E-state index in [4.69, 9.17) is 38.7 Å². The van der Waals surface area contributed by atoms with Crippen molar-refractivity contribution in [3.8, 4) is 40.8 Å². The highest BCUT2D eigenvalue weighted by molar-refractivity contribution is 6.27. The summed E-state index contributed by atoms with van der Waals surface area (Å²) in [5.41, 5.74) is 2.36. The van der Waals surface area contributed by atoms with Crippen molar-refractivity contribution in [2.24, 2.45) is 0 Å². The molecule has 39 heavy (non-hydrogen) atoms. The molecule has 0 unspecified atom stereocenters. The normalized spacial score (nSPS) is 11.4. The summed E-state index contributed by atoms with van der Waals surface area (Å²) >= 11 is 0. The quantitative estimate of drug-likeness (QED) is 0.160. The highest BCUT2D eigenvalue weighted by Crippen LogP contribution is 2.39. The second kappa shape index (κ2) is 15.6. The highest BCUT2D eigenvalue weighted by atomic mass is 16.5. The molecule has 0 spiro atoms. The van der Waals surface area contributed by atoms with Crippen molar-refractivity contribution in [1.82, 2.24) is 5.32 Å². The summed E-state index contributed by atoms with van der Waals surface area (Å²) in [4.78, 5) is 30.0. The van der Waals surface area contributed by atoms with Crippen LogP contribution in [-0.2, 0) is 27.2 Å². The van der Waals surface area contributed by atoms with Crippen LogP contribution in [0.1, 0.15) is 30.9 Å². The molecule has 2 aromatic carbocycles. The maximum atomic E-state index is 11.8. The van der Waals surface area contributed by atoms with Gasteiger partial charge in [0.25, 0.3) is 0 Å². The number of carbonyl (C=O) groups is 3. The summed E-state index contributed by atoms with van der Waals surface area (Å²) in [6.45, 7) is 3.69. The van der Waals surface area contributed by atoms with E-state index in [1.54, 1.807) is 19.1 Å². The molecule has 1 amide bonds. The van der Waals surface area contributed by atoms with Gasteiger partial charge in [0.1, 0.15) is 11.9 Å². The lowest BCUT2D eigenvalue weighted by atomic mass is 10.0. The number of carboxylic acids is 2. The third-order valence-electron chi connectivity index (χ3n) is 5.47. The van der Waals surface area contributed by atoms with Crippen molar-refractivity contribution in [2.75, 3.05) is 39.2 Å². The first-order valence-corrected chi connectivity index (χ1v) is 12.0. The van der Waals surface area contributed by atoms with Crippen molar-refractivity contribution in [3.63, 3.8) is 0 Å². The van der Waals surface area contributed by atoms with Gasteiger partial charge in [0.05, 0.1) is 26.5 Å². The molecule has 0 aliphatic carbocycles. The second-order valence-corrected chi connectivity index (χ2v) is 8.04. The topological polar surface area (TPSA) is 173 Å². The SMILES string of the molecule is CC#COc1ccc(OCCCNCCc2ccc(OC)c(OC)c2O)c2c1NC(=O)CC2.O=C(O)C(=O)O. The third kappa shape index (κ3) is 9.01. The van der Waals surface area contributed by atoms with Gasteiger partial charge in [-0.05, 0) is 56.1 Å². The van der Waals surface area contributed by atoms with Crippen LogP contribution >= 0.6 is 0 Å². The van der Waals surface area contributed by atoms with Crippen LogP contribution in [0, 0.1) is 12.0 Å². The molecular weight excluding hydrogens is 512 g/mol. The van der Waals surface area contributed by atoms with Crippen LogP contribution in [0.25, 0.3) is 0 Å². The monoisotopic (exact) mass is 544 g/mol. The fraction of sp³-hybridized carbons (Fsp3) is 0.370. The average molecular weight is 545 g/mol. The number of aliphatic carboxylic acids is 2. The molecule has 0 fully saturated rings. The van der Waals surface area contributed by atoms with E-state index in [1.165, 1.54) is 14.2 Å². The molecule has 0 aromatic heterocycles. The number of phenolic OH excluding ortho intramolecular Hbond substituents is 1. The van der Waals surface area contributed by atoms with Gasteiger partial charge in [-0.15, -0.1) is 0 Å². The lowest BCUT2D eigenvalue weighted by Crippen LogP contribution is -2.22. The van der Waals surface area contributed by atoms with Crippen molar-refractivity contribution in [2.45, 2.75) is 32.6 Å². The van der Waals surface area contributed by atoms with Crippen molar-refractivity contribution < 1.29 is 48.7 Å². The fourth-order valence-corrected chi connectivity index (χ4v) is 3.64. The number of nitrogens with one attached hydrogen (secondary N) is 2. The molecule has 1 aliphatic rings. The predicted molar refractivity (Wildman–Crippen MR) is 141 cm³/mol. The molecule has 12 nitrogen and oxygen atoms in total. The summed E-state index contributed by atoms with van der Waals surface area (Å²) in [5.74, 6) is 1.23. The number of carbonyl (C=O) groups excluding carboxylic acids is 1. The Kier molecular flexibility index (Phi) is 12.2. The Morgan fingerprint density at radius 2 is 1.69 bits per heavy atom. The first-order chi connectivity index (χ1) is 18.7. The van der Waals surface area contributed by atoms with E-state index in [0.717, 1.165) is 29.8 Å². The van der Waals surface area contributed by atoms with Crippen LogP contribution in [0.2, 0.25) is 0 Å². The van der Waals surface area contributed by atoms with Gasteiger partial charge in [0.2, 0.25) is 11.7 Å². The summed E-state index contributed by atoms with van der Waals surface area (Å²) in [5, 5.41) is 31.4. The Morgan fingerprint density at radius 1 is 1.00 bits per heavy atom. The molecule has 5 N–H and O–H groups in total. The number of hydrogen-bond acceptors (Lipinski definition) is 9. The Bertz CT molecular complexity index is 1220. The van der Waals surface area contributed by atoms with Crippen molar-refractivity contribution in [1.29, 1.82) is 0 Å². The summed E-state index contributed by atoms with van der Waals surface area (Å²) in [7, 11) is 3.04. The molecule has 1 heterocycles. The number of hydrogen-bond donors (Lipinski definition) is 5. The maximum Gasteiger partial charge on any atom is 0.414 e. The Morgan fingerprint density at radius 3 is 2.33 bits per heavy atom. The zero-order chi connectivity index (χ0) is 28.8. The number of anilines is 1. The summed E-state index contributed by atoms with van der Waals surface area (Å²) in [6, 6.07) is 7.24. The molecule has 3 rings (SSSR count). The smallest absolute Gasteiger partial charge is 0.414 e. The van der Waals surface area contributed by atoms with E-state index in [1.807, 2.05) is 12.1 Å². The molecule has 12 heteroatoms. The average Bonchev–Trinajstić information content (AvgIpc) is 2.92. The van der Waals surface area contributed by atoms with E-state index in [9.17, 15) is 9.90 Å². The third-order valence-corrected chi connectivity index (χ3v) is 5.47. The molecule has 0 radical (unpaired) electrons. The Hall–Kier alpha value is -4.63. The lowest BCUT2D eigenvalue weighted by molar-refractivity contribution is -0.159. The molecule has 210 valence electrons. The van der Waals surface area contributed by atoms with Gasteiger partial charge in [-0.3, -0.25) is 4.79 Å². The maximum absolute atomic E-state index is 11.8. The predicted octanol–water partition coefficient (Wildman–Crippen LogP) is 2.41. The van der Waals surface area contributed by atoms with Gasteiger partial charge in [0, 0.05) is 18.9 Å². The molecule has 1 aliphatic heterocycles. The van der Waals surface area contributed by atoms with Crippen molar-refractivity contribution >= 4 is 23.5 Å². The summed E-state index contributed by atoms with van der Waals surface area (Å²) < 4.78 is 21.8. The van der Waals surface area contributed by atoms with Gasteiger partial charge in [-0.2, -0.15) is 0 Å². The first-order valence-electron chi connectivity index (χ1n) is 12.0. The van der Waals surface area contributed by atoms with Crippen LogP contribution in [-0.4, -0.2) is 67.1 Å². The van der Waals surface area contributed by atoms with Crippen LogP contribution < -0.4 is 29.6 Å². The second-order valence-electron chi connectivity index (χ2n) is 8.04. The van der Waals surface area contributed by atoms with Crippen LogP contribution in [0.3, 0.4) is 0 Å². The minimum absolute atomic E-state index is 0.0429. The minimum atomic E-state index is -1.82. The van der Waals surface area contributed by atoms with Gasteiger partial charge >= 0.3 is 11.9 Å². The molecule has 0 bridgehead atoms. The Labute approximate surface area is 225 Å². The van der Waals surface area contributed by atoms with E-state index >= 15 is 0 Å². The number of amides is 1. The number of fused-ring (bicyclic) bond motifs is 1. The van der Waals surface area contributed by atoms with Gasteiger partial charge in [-0.25, -0.2) is 9.59 Å². The first kappa shape index (κ1) is 30.6. The van der Waals surface area contributed by atoms with E-state index in [0.29, 0.717) is 55.4 Å². The van der Waals surface area contributed by atoms with E-state index in [2.05, 4.69) is 22.7 Å². The van der Waals surface area contributed by atoms with E-state index in [-0.39, 0.29) is 11.7 Å². The van der Waals surface area contributed by atoms with Gasteiger partial charge in [0.15, 0.2) is 17.2 Å². The van der Waals surface area contributed by atoms with Crippen LogP contribution in [0.4, 0.5) is 5.69 Å². The number of ether oxygens (including phenoxy) is 4. The standard InChI is InChI=1S/C25H30N2O6.C2H2O4/c1-4-15-32-20-10-9-19(18-7-11-22(28)27-23(18)20)33-16-5-13-26-14-12-17-6-8-21(30-2)25(31-3)24(17)29;3-1(4)2(5)6/h6,8-10,26,29H,5,7,11-14,16H2,1-3H3,(H,27,28);(H,3,4)(H,5,6). The number of aromatic hydroxyl groups is 1. The van der Waals surface area contributed by atoms with Gasteiger partial charge < -0.3 is 44.9 Å². The van der Waals surface area contributed by atoms with Crippen molar-refractivity contribution in [3.05, 3.63) is 35.4 Å². The highest BCUT2D eigenvalue weighted by Gasteiger charge is 2.23. The largest absolute Gasteiger partial charge is 0.504 e. The molecule has 0 saturated heterocycles. The van der Waals surface area contributed by atoms with Gasteiger partial charge in [-0.1, -0.05) is 12.0 Å². The lowest BCUT2D eigenvalue weighted by Gasteiger charge is -2.22.